The minimum atomic E-state index is -0.700. The maximum atomic E-state index is 5.43. The molecule has 0 bridgehead atoms. The number of rotatable bonds is 4. The molecule has 0 unspecified atom stereocenters. The molecule has 0 amide bonds. The zero-order valence-electron chi connectivity index (χ0n) is 26.1. The Morgan fingerprint density at radius 2 is 0.958 bits per heavy atom. The smallest absolute Gasteiger partial charge is 0.217 e. The lowest BCUT2D eigenvalue weighted by Crippen LogP contribution is -2.43. The van der Waals surface area contributed by atoms with E-state index in [4.69, 9.17) is 4.98 Å². The Balaban J connectivity index is 1.39. The van der Waals surface area contributed by atoms with Crippen LogP contribution in [-0.4, -0.2) is 14.1 Å². The first-order valence-corrected chi connectivity index (χ1v) is 16.4. The van der Waals surface area contributed by atoms with Crippen LogP contribution in [0.2, 0.25) is 0 Å². The molecule has 0 atom stereocenters. The normalized spacial score (nSPS) is 13.5. The van der Waals surface area contributed by atoms with Gasteiger partial charge in [0.15, 0.2) is 0 Å². The summed E-state index contributed by atoms with van der Waals surface area (Å²) in [5.41, 5.74) is 10.5. The molecule has 0 radical (unpaired) electrons. The van der Waals surface area contributed by atoms with Gasteiger partial charge in [0.1, 0.15) is 5.54 Å². The maximum absolute atomic E-state index is 5.43. The summed E-state index contributed by atoms with van der Waals surface area (Å²) in [7, 11) is 0. The van der Waals surface area contributed by atoms with Gasteiger partial charge in [-0.05, 0) is 59.7 Å². The molecule has 3 heterocycles. The predicted octanol–water partition coefficient (Wildman–Crippen LogP) is 10.8. The van der Waals surface area contributed by atoms with Crippen molar-refractivity contribution in [2.75, 3.05) is 4.90 Å². The number of aromatic nitrogens is 3. The average molecular weight is 615 g/mol. The molecule has 10 rings (SSSR count). The highest BCUT2D eigenvalue weighted by Gasteiger charge is 2.48. The minimum absolute atomic E-state index is 0.700. The highest BCUT2D eigenvalue weighted by atomic mass is 15.4. The molecule has 4 heteroatoms. The van der Waals surface area contributed by atoms with Gasteiger partial charge in [-0.3, -0.25) is 9.47 Å². The van der Waals surface area contributed by atoms with Crippen molar-refractivity contribution in [1.82, 2.24) is 14.1 Å². The molecule has 4 nitrogen and oxygen atoms in total. The number of benzene rings is 7. The van der Waals surface area contributed by atoms with Crippen LogP contribution in [0, 0.1) is 0 Å². The van der Waals surface area contributed by atoms with E-state index in [1.807, 2.05) is 0 Å². The average Bonchev–Trinajstić information content (AvgIpc) is 3.71. The van der Waals surface area contributed by atoms with Crippen LogP contribution in [0.4, 0.5) is 17.3 Å². The van der Waals surface area contributed by atoms with Crippen LogP contribution >= 0.6 is 0 Å². The first-order chi connectivity index (χ1) is 23.8. The molecule has 9 aromatic rings. The Morgan fingerprint density at radius 3 is 1.58 bits per heavy atom. The first kappa shape index (κ1) is 26.8. The Hall–Kier alpha value is -6.39. The lowest BCUT2D eigenvalue weighted by atomic mass is 9.74. The second-order valence-corrected chi connectivity index (χ2v) is 12.4. The Kier molecular flexibility index (Phi) is 5.75. The third kappa shape index (κ3) is 3.63. The van der Waals surface area contributed by atoms with Gasteiger partial charge in [0, 0.05) is 27.7 Å². The molecule has 2 aromatic heterocycles. The number of imidazole rings is 1. The topological polar surface area (TPSA) is 26.0 Å². The number of hydrogen-bond acceptors (Lipinski definition) is 2. The summed E-state index contributed by atoms with van der Waals surface area (Å²) in [5.74, 6) is 0.877. The summed E-state index contributed by atoms with van der Waals surface area (Å²) in [5, 5.41) is 2.49. The van der Waals surface area contributed by atoms with E-state index in [1.165, 1.54) is 38.5 Å². The van der Waals surface area contributed by atoms with Gasteiger partial charge in [-0.1, -0.05) is 133 Å². The highest BCUT2D eigenvalue weighted by Crippen LogP contribution is 2.55. The summed E-state index contributed by atoms with van der Waals surface area (Å²) in [6.07, 6.45) is 0. The zero-order chi connectivity index (χ0) is 31.7. The third-order valence-corrected chi connectivity index (χ3v) is 9.93. The van der Waals surface area contributed by atoms with Crippen molar-refractivity contribution < 1.29 is 0 Å². The van der Waals surface area contributed by atoms with Crippen molar-refractivity contribution >= 4 is 50.2 Å². The van der Waals surface area contributed by atoms with E-state index in [9.17, 15) is 0 Å². The predicted molar refractivity (Wildman–Crippen MR) is 197 cm³/mol. The SMILES string of the molecule is c1ccc(N2c3cc(-n4c5ccccc5c5ccccc54)ccc3C(c3ccccc3)(c3ccccc3)n3c2nc2ccccc23)cc1. The maximum Gasteiger partial charge on any atom is 0.217 e. The highest BCUT2D eigenvalue weighted by molar-refractivity contribution is 6.09. The quantitative estimate of drug-likeness (QED) is 0.197. The van der Waals surface area contributed by atoms with E-state index in [0.717, 1.165) is 34.0 Å². The van der Waals surface area contributed by atoms with Crippen molar-refractivity contribution in [2.24, 2.45) is 0 Å². The van der Waals surface area contributed by atoms with Crippen molar-refractivity contribution in [3.8, 4) is 5.69 Å². The minimum Gasteiger partial charge on any atom is -0.309 e. The summed E-state index contributed by atoms with van der Waals surface area (Å²) in [6.45, 7) is 0. The van der Waals surface area contributed by atoms with Gasteiger partial charge < -0.3 is 4.57 Å². The van der Waals surface area contributed by atoms with E-state index in [0.29, 0.717) is 0 Å². The van der Waals surface area contributed by atoms with Crippen LogP contribution in [0.1, 0.15) is 16.7 Å². The third-order valence-electron chi connectivity index (χ3n) is 9.93. The molecule has 0 saturated carbocycles. The number of nitrogens with zero attached hydrogens (tertiary/aromatic N) is 4. The zero-order valence-corrected chi connectivity index (χ0v) is 26.1. The Morgan fingerprint density at radius 1 is 0.438 bits per heavy atom. The first-order valence-electron chi connectivity index (χ1n) is 16.4. The summed E-state index contributed by atoms with van der Waals surface area (Å²) in [4.78, 5) is 7.77. The van der Waals surface area contributed by atoms with Crippen molar-refractivity contribution in [1.29, 1.82) is 0 Å². The van der Waals surface area contributed by atoms with Crippen LogP contribution in [0.15, 0.2) is 182 Å². The van der Waals surface area contributed by atoms with E-state index in [-0.39, 0.29) is 0 Å². The molecule has 1 aliphatic heterocycles. The van der Waals surface area contributed by atoms with Crippen LogP contribution < -0.4 is 4.90 Å². The van der Waals surface area contributed by atoms with Gasteiger partial charge in [-0.25, -0.2) is 4.98 Å². The molecule has 0 fully saturated rings. The molecule has 0 spiro atoms. The van der Waals surface area contributed by atoms with Crippen molar-refractivity contribution in [2.45, 2.75) is 5.54 Å². The monoisotopic (exact) mass is 614 g/mol. The van der Waals surface area contributed by atoms with Crippen LogP contribution in [0.25, 0.3) is 38.5 Å². The molecule has 0 aliphatic carbocycles. The largest absolute Gasteiger partial charge is 0.309 e. The molecule has 0 N–H and O–H groups in total. The molecule has 1 aliphatic rings. The van der Waals surface area contributed by atoms with Crippen molar-refractivity contribution in [3.05, 3.63) is 199 Å². The summed E-state index contributed by atoms with van der Waals surface area (Å²) in [6, 6.07) is 65.4. The van der Waals surface area contributed by atoms with Gasteiger partial charge in [0.2, 0.25) is 5.95 Å². The molecular weight excluding hydrogens is 585 g/mol. The van der Waals surface area contributed by atoms with Gasteiger partial charge in [0.05, 0.1) is 27.8 Å². The Bertz CT molecular complexity index is 2520. The number of hydrogen-bond donors (Lipinski definition) is 0. The summed E-state index contributed by atoms with van der Waals surface area (Å²) < 4.78 is 4.86. The molecular formula is C44H30N4. The van der Waals surface area contributed by atoms with Crippen LogP contribution in [-0.2, 0) is 5.54 Å². The van der Waals surface area contributed by atoms with Crippen LogP contribution in [0.5, 0.6) is 0 Å². The number of anilines is 3. The number of fused-ring (bicyclic) bond motifs is 7. The van der Waals surface area contributed by atoms with E-state index in [1.54, 1.807) is 0 Å². The van der Waals surface area contributed by atoms with Gasteiger partial charge in [-0.15, -0.1) is 0 Å². The molecule has 0 saturated heterocycles. The fourth-order valence-corrected chi connectivity index (χ4v) is 8.00. The fourth-order valence-electron chi connectivity index (χ4n) is 8.00. The molecule has 7 aromatic carbocycles. The molecule has 226 valence electrons. The van der Waals surface area contributed by atoms with Gasteiger partial charge in [-0.2, -0.15) is 0 Å². The standard InChI is InChI=1S/C44H30N4/c1-4-16-31(17-5-1)44(32-18-6-2-7-19-32)37-29-28-34(46-39-25-13-10-22-35(39)36-23-11-14-26-40(36)46)30-42(37)47(33-20-8-3-9-21-33)43-45-38-24-12-15-27-41(38)48(43)44/h1-30H. The number of para-hydroxylation sites is 5. The Labute approximate surface area is 278 Å². The summed E-state index contributed by atoms with van der Waals surface area (Å²) >= 11 is 0. The van der Waals surface area contributed by atoms with Crippen LogP contribution in [0.3, 0.4) is 0 Å². The fraction of sp³-hybridized carbons (Fsp3) is 0.0227. The molecule has 48 heavy (non-hydrogen) atoms. The van der Waals surface area contributed by atoms with E-state index in [2.05, 4.69) is 196 Å². The van der Waals surface area contributed by atoms with E-state index >= 15 is 0 Å². The van der Waals surface area contributed by atoms with Crippen molar-refractivity contribution in [3.63, 3.8) is 0 Å². The lowest BCUT2D eigenvalue weighted by molar-refractivity contribution is 0.520. The lowest BCUT2D eigenvalue weighted by Gasteiger charge is -2.46. The van der Waals surface area contributed by atoms with E-state index < -0.39 is 5.54 Å². The van der Waals surface area contributed by atoms with Gasteiger partial charge >= 0.3 is 0 Å². The second kappa shape index (κ2) is 10.3. The second-order valence-electron chi connectivity index (χ2n) is 12.4. The van der Waals surface area contributed by atoms with Gasteiger partial charge in [0.25, 0.3) is 0 Å².